The lowest BCUT2D eigenvalue weighted by Gasteiger charge is -2.30. The van der Waals surface area contributed by atoms with E-state index in [9.17, 15) is 10.2 Å². The number of phenolic OH excluding ortho intramolecular Hbond substituents is 1. The summed E-state index contributed by atoms with van der Waals surface area (Å²) in [4.78, 5) is 9.62. The van der Waals surface area contributed by atoms with Gasteiger partial charge < -0.3 is 24.7 Å². The fourth-order valence-corrected chi connectivity index (χ4v) is 5.88. The van der Waals surface area contributed by atoms with Crippen molar-refractivity contribution in [2.75, 3.05) is 31.1 Å². The van der Waals surface area contributed by atoms with Gasteiger partial charge >= 0.3 is 0 Å². The Balaban J connectivity index is 1.32. The molecule has 0 spiro atoms. The predicted molar refractivity (Wildman–Crippen MR) is 148 cm³/mol. The molecule has 0 radical (unpaired) electrons. The third-order valence-corrected chi connectivity index (χ3v) is 7.88. The highest BCUT2D eigenvalue weighted by Crippen LogP contribution is 2.39. The first-order chi connectivity index (χ1) is 17.8. The van der Waals surface area contributed by atoms with E-state index in [0.29, 0.717) is 18.4 Å². The van der Waals surface area contributed by atoms with Gasteiger partial charge in [0.1, 0.15) is 5.75 Å². The summed E-state index contributed by atoms with van der Waals surface area (Å²) >= 11 is 0. The van der Waals surface area contributed by atoms with Crippen molar-refractivity contribution in [1.29, 1.82) is 0 Å². The van der Waals surface area contributed by atoms with E-state index in [1.54, 1.807) is 12.1 Å². The van der Waals surface area contributed by atoms with E-state index in [0.717, 1.165) is 55.9 Å². The average Bonchev–Trinajstić information content (AvgIpc) is 3.28. The van der Waals surface area contributed by atoms with Gasteiger partial charge in [-0.25, -0.2) is 0 Å². The Morgan fingerprint density at radius 2 is 2.03 bits per heavy atom. The van der Waals surface area contributed by atoms with Crippen LogP contribution < -0.4 is 4.90 Å². The zero-order valence-corrected chi connectivity index (χ0v) is 22.2. The number of hydrogen-bond donors (Lipinski definition) is 2. The fraction of sp³-hybridized carbons (Fsp3) is 0.452. The van der Waals surface area contributed by atoms with E-state index in [-0.39, 0.29) is 12.0 Å². The molecule has 2 aromatic rings. The number of pyridine rings is 1. The first-order valence-electron chi connectivity index (χ1n) is 13.5. The number of aromatic nitrogens is 1. The number of ether oxygens (including phenoxy) is 1. The number of aromatic hydroxyl groups is 1. The molecule has 0 saturated carbocycles. The number of phenols is 1. The summed E-state index contributed by atoms with van der Waals surface area (Å²) in [5.74, 6) is 0.357. The maximum absolute atomic E-state index is 10.7. The zero-order chi connectivity index (χ0) is 26.0. The highest BCUT2D eigenvalue weighted by atomic mass is 16.5. The molecule has 1 aromatic carbocycles. The Labute approximate surface area is 220 Å². The van der Waals surface area contributed by atoms with Crippen LogP contribution in [0.1, 0.15) is 44.9 Å². The van der Waals surface area contributed by atoms with E-state index < -0.39 is 5.60 Å². The minimum Gasteiger partial charge on any atom is -0.508 e. The van der Waals surface area contributed by atoms with Crippen LogP contribution in [0.3, 0.4) is 0 Å². The summed E-state index contributed by atoms with van der Waals surface area (Å²) in [7, 11) is 0. The second kappa shape index (κ2) is 10.8. The monoisotopic (exact) mass is 501 g/mol. The molecule has 1 saturated heterocycles. The highest BCUT2D eigenvalue weighted by molar-refractivity contribution is 5.72. The Hall–Kier alpha value is -2.93. The summed E-state index contributed by atoms with van der Waals surface area (Å²) in [5.41, 5.74) is 4.56. The van der Waals surface area contributed by atoms with E-state index in [4.69, 9.17) is 4.74 Å². The SMILES string of the molecule is CCN(c1ccc(O)cc1)C1CCN(CCC=C2c3cccnc3COC3C=CC(C(C)(C)O)=CC23)C1. The van der Waals surface area contributed by atoms with Gasteiger partial charge in [-0.15, -0.1) is 0 Å². The van der Waals surface area contributed by atoms with Crippen molar-refractivity contribution in [3.05, 3.63) is 83.7 Å². The first kappa shape index (κ1) is 25.7. The standard InChI is InChI=1S/C31H39N3O3/c1-4-34(23-10-12-25(35)13-11-23)24-15-18-33(20-24)17-6-8-26-27-7-5-16-32-29(27)21-37-30-14-9-22(19-28(26)30)31(2,3)36/h5,7-14,16,19,24,28,30,35-36H,4,6,15,17-18,20-21H2,1-3H3. The molecule has 3 heterocycles. The molecule has 196 valence electrons. The maximum Gasteiger partial charge on any atom is 0.115 e. The van der Waals surface area contributed by atoms with Crippen LogP contribution in [-0.4, -0.2) is 64.0 Å². The van der Waals surface area contributed by atoms with Crippen molar-refractivity contribution in [2.24, 2.45) is 5.92 Å². The van der Waals surface area contributed by atoms with Crippen LogP contribution >= 0.6 is 0 Å². The Morgan fingerprint density at radius 1 is 1.22 bits per heavy atom. The molecule has 3 atom stereocenters. The van der Waals surface area contributed by atoms with Crippen molar-refractivity contribution in [3.63, 3.8) is 0 Å². The molecule has 1 aliphatic carbocycles. The van der Waals surface area contributed by atoms with Gasteiger partial charge in [0.15, 0.2) is 0 Å². The smallest absolute Gasteiger partial charge is 0.115 e. The molecule has 1 aromatic heterocycles. The number of likely N-dealkylation sites (N-methyl/N-ethyl adjacent to an activating group) is 1. The van der Waals surface area contributed by atoms with Crippen molar-refractivity contribution in [3.8, 4) is 5.75 Å². The van der Waals surface area contributed by atoms with Gasteiger partial charge in [-0.05, 0) is 75.1 Å². The summed E-state index contributed by atoms with van der Waals surface area (Å²) < 4.78 is 6.26. The fourth-order valence-electron chi connectivity index (χ4n) is 5.88. The van der Waals surface area contributed by atoms with Crippen molar-refractivity contribution in [2.45, 2.75) is 58.0 Å². The number of likely N-dealkylation sites (tertiary alicyclic amines) is 1. The van der Waals surface area contributed by atoms with Crippen molar-refractivity contribution in [1.82, 2.24) is 9.88 Å². The molecule has 1 fully saturated rings. The third-order valence-electron chi connectivity index (χ3n) is 7.88. The average molecular weight is 502 g/mol. The van der Waals surface area contributed by atoms with Gasteiger partial charge in [0.25, 0.3) is 0 Å². The number of fused-ring (bicyclic) bond motifs is 2. The molecule has 2 aliphatic heterocycles. The van der Waals surface area contributed by atoms with Crippen LogP contribution in [0.25, 0.3) is 5.57 Å². The van der Waals surface area contributed by atoms with Crippen molar-refractivity contribution >= 4 is 11.3 Å². The van der Waals surface area contributed by atoms with Crippen LogP contribution in [0.4, 0.5) is 5.69 Å². The van der Waals surface area contributed by atoms with Gasteiger partial charge in [-0.3, -0.25) is 4.98 Å². The zero-order valence-electron chi connectivity index (χ0n) is 22.2. The van der Waals surface area contributed by atoms with Gasteiger partial charge in [-0.1, -0.05) is 30.4 Å². The quantitative estimate of drug-likeness (QED) is 0.560. The first-order valence-corrected chi connectivity index (χ1v) is 13.5. The van der Waals surface area contributed by atoms with Crippen LogP contribution in [0.5, 0.6) is 5.75 Å². The molecular weight excluding hydrogens is 462 g/mol. The van der Waals surface area contributed by atoms with E-state index in [1.807, 2.05) is 44.3 Å². The summed E-state index contributed by atoms with van der Waals surface area (Å²) in [6.45, 7) is 10.4. The lowest BCUT2D eigenvalue weighted by atomic mass is 9.80. The molecule has 5 rings (SSSR count). The van der Waals surface area contributed by atoms with E-state index >= 15 is 0 Å². The molecule has 0 amide bonds. The number of hydrogen-bond acceptors (Lipinski definition) is 6. The Kier molecular flexibility index (Phi) is 7.52. The lowest BCUT2D eigenvalue weighted by Crippen LogP contribution is -2.37. The Bertz CT molecular complexity index is 1180. The molecule has 0 bridgehead atoms. The number of benzene rings is 1. The lowest BCUT2D eigenvalue weighted by molar-refractivity contribution is 0.0570. The summed E-state index contributed by atoms with van der Waals surface area (Å²) in [6, 6.07) is 12.2. The number of anilines is 1. The van der Waals surface area contributed by atoms with Gasteiger partial charge in [0, 0.05) is 55.6 Å². The molecule has 3 aliphatic rings. The largest absolute Gasteiger partial charge is 0.508 e. The van der Waals surface area contributed by atoms with Crippen LogP contribution in [-0.2, 0) is 11.3 Å². The minimum atomic E-state index is -0.899. The Morgan fingerprint density at radius 3 is 2.78 bits per heavy atom. The molecule has 2 N–H and O–H groups in total. The third kappa shape index (κ3) is 5.66. The number of nitrogens with zero attached hydrogens (tertiary/aromatic N) is 3. The minimum absolute atomic E-state index is 0.0493. The highest BCUT2D eigenvalue weighted by Gasteiger charge is 2.33. The molecular formula is C31H39N3O3. The van der Waals surface area contributed by atoms with Crippen molar-refractivity contribution < 1.29 is 14.9 Å². The molecule has 3 unspecified atom stereocenters. The normalized spacial score (nSPS) is 24.9. The van der Waals surface area contributed by atoms with Gasteiger partial charge in [0.05, 0.1) is 24.0 Å². The van der Waals surface area contributed by atoms with Gasteiger partial charge in [0.2, 0.25) is 0 Å². The molecule has 6 heteroatoms. The molecule has 6 nitrogen and oxygen atoms in total. The summed E-state index contributed by atoms with van der Waals surface area (Å²) in [5, 5.41) is 20.3. The topological polar surface area (TPSA) is 69.1 Å². The van der Waals surface area contributed by atoms with Crippen LogP contribution in [0.15, 0.2) is 72.5 Å². The predicted octanol–water partition coefficient (Wildman–Crippen LogP) is 4.94. The van der Waals surface area contributed by atoms with Crippen LogP contribution in [0, 0.1) is 5.92 Å². The van der Waals surface area contributed by atoms with E-state index in [1.165, 1.54) is 11.3 Å². The van der Waals surface area contributed by atoms with E-state index in [2.05, 4.69) is 46.0 Å². The second-order valence-corrected chi connectivity index (χ2v) is 10.8. The number of aliphatic hydroxyl groups is 1. The van der Waals surface area contributed by atoms with Gasteiger partial charge in [-0.2, -0.15) is 0 Å². The van der Waals surface area contributed by atoms with Crippen LogP contribution in [0.2, 0.25) is 0 Å². The second-order valence-electron chi connectivity index (χ2n) is 10.8. The maximum atomic E-state index is 10.7. The molecule has 37 heavy (non-hydrogen) atoms. The number of rotatable bonds is 7. The summed E-state index contributed by atoms with van der Waals surface area (Å²) in [6.07, 6.45) is 12.5.